The first kappa shape index (κ1) is 10.6. The van der Waals surface area contributed by atoms with Crippen molar-refractivity contribution in [3.05, 3.63) is 34.1 Å². The van der Waals surface area contributed by atoms with E-state index in [1.807, 2.05) is 0 Å². The van der Waals surface area contributed by atoms with Gasteiger partial charge in [-0.05, 0) is 37.0 Å². The topological polar surface area (TPSA) is 43.1 Å². The maximum Gasteiger partial charge on any atom is 0.223 e. The van der Waals surface area contributed by atoms with Crippen LogP contribution in [0.5, 0.6) is 0 Å². The van der Waals surface area contributed by atoms with Crippen LogP contribution in [0.2, 0.25) is 0 Å². The summed E-state index contributed by atoms with van der Waals surface area (Å²) in [5.41, 5.74) is 5.38. The maximum absolute atomic E-state index is 13.5. The predicted octanol–water partition coefficient (Wildman–Crippen LogP) is 2.40. The van der Waals surface area contributed by atoms with Gasteiger partial charge in [-0.1, -0.05) is 22.0 Å². The smallest absolute Gasteiger partial charge is 0.223 e. The van der Waals surface area contributed by atoms with E-state index in [0.717, 1.165) is 12.8 Å². The Hall–Kier alpha value is -0.900. The minimum atomic E-state index is -0.478. The van der Waals surface area contributed by atoms with Gasteiger partial charge in [0.05, 0.1) is 5.41 Å². The third-order valence-electron chi connectivity index (χ3n) is 2.92. The molecular formula is C11H11BrFNO. The van der Waals surface area contributed by atoms with Crippen molar-refractivity contribution in [3.63, 3.8) is 0 Å². The molecule has 1 aliphatic carbocycles. The molecule has 0 heterocycles. The zero-order chi connectivity index (χ0) is 11.1. The Balaban J connectivity index is 2.21. The summed E-state index contributed by atoms with van der Waals surface area (Å²) in [5, 5.41) is 0. The quantitative estimate of drug-likeness (QED) is 0.902. The molecule has 0 atom stereocenters. The first-order valence-electron chi connectivity index (χ1n) is 4.77. The molecule has 80 valence electrons. The van der Waals surface area contributed by atoms with E-state index in [4.69, 9.17) is 5.73 Å². The van der Waals surface area contributed by atoms with Gasteiger partial charge in [-0.2, -0.15) is 0 Å². The summed E-state index contributed by atoms with van der Waals surface area (Å²) in [5.74, 6) is -0.596. The fourth-order valence-corrected chi connectivity index (χ4v) is 2.02. The highest BCUT2D eigenvalue weighted by atomic mass is 79.9. The van der Waals surface area contributed by atoms with Crippen molar-refractivity contribution in [2.45, 2.75) is 19.3 Å². The van der Waals surface area contributed by atoms with Crippen LogP contribution in [-0.2, 0) is 11.2 Å². The maximum atomic E-state index is 13.5. The van der Waals surface area contributed by atoms with Gasteiger partial charge in [0.2, 0.25) is 5.91 Å². The van der Waals surface area contributed by atoms with Gasteiger partial charge >= 0.3 is 0 Å². The van der Waals surface area contributed by atoms with Crippen LogP contribution in [0.4, 0.5) is 4.39 Å². The SMILES string of the molecule is NC(=O)C1(Cc2ccc(Br)cc2F)CC1. The first-order chi connectivity index (χ1) is 7.03. The molecule has 1 saturated carbocycles. The monoisotopic (exact) mass is 271 g/mol. The highest BCUT2D eigenvalue weighted by Crippen LogP contribution is 2.48. The van der Waals surface area contributed by atoms with Crippen molar-refractivity contribution >= 4 is 21.8 Å². The summed E-state index contributed by atoms with van der Waals surface area (Å²) in [6, 6.07) is 4.88. The van der Waals surface area contributed by atoms with E-state index in [9.17, 15) is 9.18 Å². The summed E-state index contributed by atoms with van der Waals surface area (Å²) in [4.78, 5) is 11.2. The van der Waals surface area contributed by atoms with E-state index in [1.165, 1.54) is 6.07 Å². The van der Waals surface area contributed by atoms with Gasteiger partial charge in [-0.25, -0.2) is 4.39 Å². The minimum Gasteiger partial charge on any atom is -0.369 e. The van der Waals surface area contributed by atoms with Gasteiger partial charge in [0.1, 0.15) is 5.82 Å². The number of carbonyl (C=O) groups is 1. The number of halogens is 2. The fraction of sp³-hybridized carbons (Fsp3) is 0.364. The molecule has 2 N–H and O–H groups in total. The van der Waals surface area contributed by atoms with E-state index in [-0.39, 0.29) is 11.7 Å². The van der Waals surface area contributed by atoms with E-state index in [2.05, 4.69) is 15.9 Å². The molecule has 0 radical (unpaired) electrons. The van der Waals surface area contributed by atoms with Gasteiger partial charge in [0.25, 0.3) is 0 Å². The van der Waals surface area contributed by atoms with Gasteiger partial charge in [-0.3, -0.25) is 4.79 Å². The Labute approximate surface area is 95.8 Å². The highest BCUT2D eigenvalue weighted by Gasteiger charge is 2.48. The molecule has 1 aromatic rings. The fourth-order valence-electron chi connectivity index (χ4n) is 1.69. The zero-order valence-corrected chi connectivity index (χ0v) is 9.68. The molecule has 0 aromatic heterocycles. The number of hydrogen-bond donors (Lipinski definition) is 1. The zero-order valence-electron chi connectivity index (χ0n) is 8.09. The summed E-state index contributed by atoms with van der Waals surface area (Å²) in [7, 11) is 0. The van der Waals surface area contributed by atoms with E-state index >= 15 is 0 Å². The molecule has 4 heteroatoms. The molecular weight excluding hydrogens is 261 g/mol. The van der Waals surface area contributed by atoms with Crippen LogP contribution >= 0.6 is 15.9 Å². The largest absolute Gasteiger partial charge is 0.369 e. The molecule has 1 aromatic carbocycles. The highest BCUT2D eigenvalue weighted by molar-refractivity contribution is 9.10. The van der Waals surface area contributed by atoms with Gasteiger partial charge in [0.15, 0.2) is 0 Å². The van der Waals surface area contributed by atoms with Crippen LogP contribution in [0, 0.1) is 11.2 Å². The third kappa shape index (κ3) is 2.04. The van der Waals surface area contributed by atoms with Crippen molar-refractivity contribution in [3.8, 4) is 0 Å². The normalized spacial score (nSPS) is 17.5. The lowest BCUT2D eigenvalue weighted by Crippen LogP contribution is -2.26. The third-order valence-corrected chi connectivity index (χ3v) is 3.41. The standard InChI is InChI=1S/C11H11BrFNO/c12-8-2-1-7(9(13)5-8)6-11(3-4-11)10(14)15/h1-2,5H,3-4,6H2,(H2,14,15). The number of carbonyl (C=O) groups excluding carboxylic acids is 1. The molecule has 2 nitrogen and oxygen atoms in total. The van der Waals surface area contributed by atoms with Crippen LogP contribution in [-0.4, -0.2) is 5.91 Å². The molecule has 0 aliphatic heterocycles. The number of amides is 1. The van der Waals surface area contributed by atoms with Crippen molar-refractivity contribution in [2.75, 3.05) is 0 Å². The van der Waals surface area contributed by atoms with E-state index < -0.39 is 5.41 Å². The van der Waals surface area contributed by atoms with Crippen molar-refractivity contribution in [1.29, 1.82) is 0 Å². The Morgan fingerprint density at radius 2 is 2.20 bits per heavy atom. The Kier molecular flexibility index (Phi) is 2.54. The Morgan fingerprint density at radius 1 is 1.53 bits per heavy atom. The second-order valence-electron chi connectivity index (χ2n) is 4.06. The molecule has 0 saturated heterocycles. The Bertz CT molecular complexity index is 415. The van der Waals surface area contributed by atoms with Crippen molar-refractivity contribution in [2.24, 2.45) is 11.1 Å². The van der Waals surface area contributed by atoms with Crippen LogP contribution < -0.4 is 5.73 Å². The van der Waals surface area contributed by atoms with E-state index in [0.29, 0.717) is 16.5 Å². The number of hydrogen-bond acceptors (Lipinski definition) is 1. The number of rotatable bonds is 3. The van der Waals surface area contributed by atoms with Gasteiger partial charge in [0, 0.05) is 4.47 Å². The molecule has 1 amide bonds. The predicted molar refractivity (Wildman–Crippen MR) is 58.7 cm³/mol. The van der Waals surface area contributed by atoms with E-state index in [1.54, 1.807) is 12.1 Å². The minimum absolute atomic E-state index is 0.281. The summed E-state index contributed by atoms with van der Waals surface area (Å²) >= 11 is 3.19. The van der Waals surface area contributed by atoms with Crippen LogP contribution in [0.25, 0.3) is 0 Å². The molecule has 0 spiro atoms. The average Bonchev–Trinajstić information content (AvgIpc) is 2.91. The summed E-state index contributed by atoms with van der Waals surface area (Å²) < 4.78 is 14.2. The average molecular weight is 272 g/mol. The molecule has 1 fully saturated rings. The molecule has 15 heavy (non-hydrogen) atoms. The molecule has 0 bridgehead atoms. The summed E-state index contributed by atoms with van der Waals surface area (Å²) in [6.07, 6.45) is 1.97. The lowest BCUT2D eigenvalue weighted by molar-refractivity contribution is -0.123. The second-order valence-corrected chi connectivity index (χ2v) is 4.97. The van der Waals surface area contributed by atoms with Crippen LogP contribution in [0.1, 0.15) is 18.4 Å². The van der Waals surface area contributed by atoms with Crippen molar-refractivity contribution < 1.29 is 9.18 Å². The lowest BCUT2D eigenvalue weighted by Gasteiger charge is -2.11. The summed E-state index contributed by atoms with van der Waals surface area (Å²) in [6.45, 7) is 0. The molecule has 1 aliphatic rings. The number of nitrogens with two attached hydrogens (primary N) is 1. The van der Waals surface area contributed by atoms with Gasteiger partial charge in [-0.15, -0.1) is 0 Å². The van der Waals surface area contributed by atoms with Gasteiger partial charge < -0.3 is 5.73 Å². The second kappa shape index (κ2) is 3.59. The Morgan fingerprint density at radius 3 is 2.67 bits per heavy atom. The van der Waals surface area contributed by atoms with Crippen LogP contribution in [0.3, 0.4) is 0 Å². The van der Waals surface area contributed by atoms with Crippen LogP contribution in [0.15, 0.2) is 22.7 Å². The first-order valence-corrected chi connectivity index (χ1v) is 5.57. The van der Waals surface area contributed by atoms with Crippen molar-refractivity contribution in [1.82, 2.24) is 0 Å². The lowest BCUT2D eigenvalue weighted by atomic mass is 9.95. The molecule has 2 rings (SSSR count). The number of primary amides is 1. The molecule has 0 unspecified atom stereocenters. The number of benzene rings is 1.